The van der Waals surface area contributed by atoms with E-state index in [0.717, 1.165) is 13.0 Å². The van der Waals surface area contributed by atoms with Gasteiger partial charge in [0, 0.05) is 18.3 Å². The smallest absolute Gasteiger partial charge is 0.274 e. The molecular formula is C16H17N5O. The van der Waals surface area contributed by atoms with E-state index in [2.05, 4.69) is 27.5 Å². The Bertz CT molecular complexity index is 721. The molecule has 6 nitrogen and oxygen atoms in total. The Morgan fingerprint density at radius 2 is 2.14 bits per heavy atom. The van der Waals surface area contributed by atoms with Crippen molar-refractivity contribution >= 4 is 17.4 Å². The van der Waals surface area contributed by atoms with E-state index >= 15 is 0 Å². The van der Waals surface area contributed by atoms with Gasteiger partial charge in [-0.15, -0.1) is 0 Å². The molecule has 0 radical (unpaired) electrons. The highest BCUT2D eigenvalue weighted by Gasteiger charge is 2.11. The van der Waals surface area contributed by atoms with Crippen molar-refractivity contribution in [1.29, 1.82) is 5.26 Å². The van der Waals surface area contributed by atoms with Gasteiger partial charge in [0.15, 0.2) is 0 Å². The van der Waals surface area contributed by atoms with Gasteiger partial charge >= 0.3 is 0 Å². The quantitative estimate of drug-likeness (QED) is 0.885. The monoisotopic (exact) mass is 295 g/mol. The van der Waals surface area contributed by atoms with Crippen molar-refractivity contribution in [3.8, 4) is 6.07 Å². The van der Waals surface area contributed by atoms with Crippen molar-refractivity contribution in [3.05, 3.63) is 47.4 Å². The van der Waals surface area contributed by atoms with E-state index < -0.39 is 0 Å². The minimum atomic E-state index is -0.333. The van der Waals surface area contributed by atoms with Crippen molar-refractivity contribution in [2.45, 2.75) is 20.3 Å². The lowest BCUT2D eigenvalue weighted by molar-refractivity contribution is 0.102. The number of anilines is 2. The number of rotatable bonds is 5. The third-order valence-corrected chi connectivity index (χ3v) is 2.88. The highest BCUT2D eigenvalue weighted by molar-refractivity contribution is 6.03. The second-order valence-electron chi connectivity index (χ2n) is 4.76. The molecule has 2 rings (SSSR count). The molecule has 0 aliphatic carbocycles. The summed E-state index contributed by atoms with van der Waals surface area (Å²) in [4.78, 5) is 20.7. The van der Waals surface area contributed by atoms with E-state index in [4.69, 9.17) is 5.26 Å². The lowest BCUT2D eigenvalue weighted by Crippen LogP contribution is -2.16. The highest BCUT2D eigenvalue weighted by atomic mass is 16.1. The largest absolute Gasteiger partial charge is 0.370 e. The van der Waals surface area contributed by atoms with Gasteiger partial charge in [0.1, 0.15) is 17.3 Å². The summed E-state index contributed by atoms with van der Waals surface area (Å²) < 4.78 is 0. The number of benzene rings is 1. The lowest BCUT2D eigenvalue weighted by Gasteiger charge is -2.08. The molecule has 0 unspecified atom stereocenters. The third kappa shape index (κ3) is 4.03. The molecule has 2 N–H and O–H groups in total. The average molecular weight is 295 g/mol. The molecule has 0 aliphatic rings. The van der Waals surface area contributed by atoms with E-state index in [0.29, 0.717) is 22.9 Å². The SMILES string of the molecule is CCCNc1cc(C(=O)Nc2cccc(C#N)c2)nc(C)n1. The number of nitrogens with zero attached hydrogens (tertiary/aromatic N) is 3. The number of hydrogen-bond acceptors (Lipinski definition) is 5. The molecule has 1 heterocycles. The van der Waals surface area contributed by atoms with Crippen LogP contribution in [0.15, 0.2) is 30.3 Å². The molecule has 0 saturated carbocycles. The zero-order valence-corrected chi connectivity index (χ0v) is 12.6. The summed E-state index contributed by atoms with van der Waals surface area (Å²) in [6.45, 7) is 4.57. The van der Waals surface area contributed by atoms with Crippen LogP contribution < -0.4 is 10.6 Å². The van der Waals surface area contributed by atoms with Crippen LogP contribution in [-0.4, -0.2) is 22.4 Å². The maximum absolute atomic E-state index is 12.3. The fraction of sp³-hybridized carbons (Fsp3) is 0.250. The number of hydrogen-bond donors (Lipinski definition) is 2. The molecule has 1 aromatic heterocycles. The predicted octanol–water partition coefficient (Wildman–Crippen LogP) is 2.73. The second-order valence-corrected chi connectivity index (χ2v) is 4.76. The van der Waals surface area contributed by atoms with Crippen LogP contribution in [0.1, 0.15) is 35.2 Å². The van der Waals surface area contributed by atoms with Crippen molar-refractivity contribution in [3.63, 3.8) is 0 Å². The first-order valence-corrected chi connectivity index (χ1v) is 7.03. The minimum Gasteiger partial charge on any atom is -0.370 e. The topological polar surface area (TPSA) is 90.7 Å². The summed E-state index contributed by atoms with van der Waals surface area (Å²) in [6, 6.07) is 10.4. The molecule has 0 spiro atoms. The van der Waals surface area contributed by atoms with Crippen LogP contribution in [0.4, 0.5) is 11.5 Å². The Morgan fingerprint density at radius 3 is 2.86 bits per heavy atom. The molecular weight excluding hydrogens is 278 g/mol. The Morgan fingerprint density at radius 1 is 1.32 bits per heavy atom. The van der Waals surface area contributed by atoms with Crippen molar-refractivity contribution < 1.29 is 4.79 Å². The van der Waals surface area contributed by atoms with Gasteiger partial charge in [-0.1, -0.05) is 13.0 Å². The molecule has 0 bridgehead atoms. The number of nitriles is 1. The molecule has 2 aromatic rings. The second kappa shape index (κ2) is 7.18. The maximum Gasteiger partial charge on any atom is 0.274 e. The summed E-state index contributed by atoms with van der Waals surface area (Å²) in [5, 5.41) is 14.8. The number of aromatic nitrogens is 2. The van der Waals surface area contributed by atoms with E-state index in [-0.39, 0.29) is 11.6 Å². The molecule has 1 amide bonds. The summed E-state index contributed by atoms with van der Waals surface area (Å²) in [7, 11) is 0. The molecule has 22 heavy (non-hydrogen) atoms. The van der Waals surface area contributed by atoms with Crippen LogP contribution >= 0.6 is 0 Å². The predicted molar refractivity (Wildman–Crippen MR) is 84.7 cm³/mol. The molecule has 6 heteroatoms. The Hall–Kier alpha value is -2.94. The van der Waals surface area contributed by atoms with Crippen LogP contribution in [0, 0.1) is 18.3 Å². The number of carbonyl (C=O) groups excluding carboxylic acids is 1. The zero-order chi connectivity index (χ0) is 15.9. The fourth-order valence-electron chi connectivity index (χ4n) is 1.89. The van der Waals surface area contributed by atoms with Gasteiger partial charge in [-0.05, 0) is 31.5 Å². The first-order chi connectivity index (χ1) is 10.6. The Kier molecular flexibility index (Phi) is 5.04. The summed E-state index contributed by atoms with van der Waals surface area (Å²) >= 11 is 0. The Labute approximate surface area is 129 Å². The first kappa shape index (κ1) is 15.4. The van der Waals surface area contributed by atoms with Crippen LogP contribution in [0.3, 0.4) is 0 Å². The molecule has 0 fully saturated rings. The van der Waals surface area contributed by atoms with Crippen LogP contribution in [-0.2, 0) is 0 Å². The molecule has 0 aliphatic heterocycles. The molecule has 112 valence electrons. The van der Waals surface area contributed by atoms with E-state index in [9.17, 15) is 4.79 Å². The van der Waals surface area contributed by atoms with Gasteiger partial charge in [-0.3, -0.25) is 4.79 Å². The Balaban J connectivity index is 2.18. The highest BCUT2D eigenvalue weighted by Crippen LogP contribution is 2.13. The van der Waals surface area contributed by atoms with Gasteiger partial charge in [0.2, 0.25) is 0 Å². The fourth-order valence-corrected chi connectivity index (χ4v) is 1.89. The summed E-state index contributed by atoms with van der Waals surface area (Å²) in [6.07, 6.45) is 0.964. The van der Waals surface area contributed by atoms with Gasteiger partial charge in [0.25, 0.3) is 5.91 Å². The molecule has 0 atom stereocenters. The van der Waals surface area contributed by atoms with Crippen molar-refractivity contribution in [2.24, 2.45) is 0 Å². The van der Waals surface area contributed by atoms with Gasteiger partial charge < -0.3 is 10.6 Å². The number of nitrogens with one attached hydrogen (secondary N) is 2. The zero-order valence-electron chi connectivity index (χ0n) is 12.6. The van der Waals surface area contributed by atoms with Crippen molar-refractivity contribution in [1.82, 2.24) is 9.97 Å². The minimum absolute atomic E-state index is 0.286. The number of amides is 1. The average Bonchev–Trinajstić information content (AvgIpc) is 2.52. The van der Waals surface area contributed by atoms with Crippen LogP contribution in [0.2, 0.25) is 0 Å². The number of aryl methyl sites for hydroxylation is 1. The van der Waals surface area contributed by atoms with Crippen LogP contribution in [0.25, 0.3) is 0 Å². The molecule has 0 saturated heterocycles. The maximum atomic E-state index is 12.3. The molecule has 1 aromatic carbocycles. The van der Waals surface area contributed by atoms with Gasteiger partial charge in [-0.25, -0.2) is 9.97 Å². The van der Waals surface area contributed by atoms with E-state index in [1.54, 1.807) is 37.3 Å². The van der Waals surface area contributed by atoms with Gasteiger partial charge in [0.05, 0.1) is 11.6 Å². The van der Waals surface area contributed by atoms with Crippen molar-refractivity contribution in [2.75, 3.05) is 17.2 Å². The van der Waals surface area contributed by atoms with Gasteiger partial charge in [-0.2, -0.15) is 5.26 Å². The van der Waals surface area contributed by atoms with E-state index in [1.807, 2.05) is 6.07 Å². The van der Waals surface area contributed by atoms with Crippen LogP contribution in [0.5, 0.6) is 0 Å². The standard InChI is InChI=1S/C16H17N5O/c1-3-7-18-15-9-14(19-11(2)20-15)16(22)21-13-6-4-5-12(8-13)10-17/h4-6,8-9H,3,7H2,1-2H3,(H,21,22)(H,18,19,20). The lowest BCUT2D eigenvalue weighted by atomic mass is 10.2. The number of carbonyl (C=O) groups is 1. The van der Waals surface area contributed by atoms with E-state index in [1.165, 1.54) is 0 Å². The summed E-state index contributed by atoms with van der Waals surface area (Å²) in [5.41, 5.74) is 1.33. The summed E-state index contributed by atoms with van der Waals surface area (Å²) in [5.74, 6) is 0.822. The normalized spacial score (nSPS) is 9.86. The first-order valence-electron chi connectivity index (χ1n) is 7.03. The third-order valence-electron chi connectivity index (χ3n) is 2.88.